The van der Waals surface area contributed by atoms with Crippen molar-refractivity contribution >= 4 is 39.5 Å². The number of aliphatic hydroxyl groups excluding tert-OH is 1. The number of rotatable bonds is 79. The molecule has 0 aromatic rings. The van der Waals surface area contributed by atoms with E-state index in [0.717, 1.165) is 102 Å². The van der Waals surface area contributed by atoms with Gasteiger partial charge in [-0.3, -0.25) is 37.3 Å². The maximum Gasteiger partial charge on any atom is 0.472 e. The van der Waals surface area contributed by atoms with Crippen LogP contribution in [0.3, 0.4) is 0 Å². The van der Waals surface area contributed by atoms with Gasteiger partial charge in [0.05, 0.1) is 26.4 Å². The smallest absolute Gasteiger partial charge is 0.462 e. The van der Waals surface area contributed by atoms with Gasteiger partial charge in [0.1, 0.15) is 19.3 Å². The van der Waals surface area contributed by atoms with Crippen molar-refractivity contribution in [3.8, 4) is 0 Å². The van der Waals surface area contributed by atoms with E-state index in [9.17, 15) is 43.2 Å². The Kier molecular flexibility index (Phi) is 70.3. The molecule has 3 N–H and O–H groups in total. The molecule has 0 bridgehead atoms. The normalized spacial score (nSPS) is 13.9. The van der Waals surface area contributed by atoms with Crippen molar-refractivity contribution in [1.82, 2.24) is 0 Å². The third-order valence-electron chi connectivity index (χ3n) is 18.7. The Balaban J connectivity index is 5.19. The van der Waals surface area contributed by atoms with Crippen LogP contribution in [-0.4, -0.2) is 96.7 Å². The second-order valence-electron chi connectivity index (χ2n) is 29.8. The quantitative estimate of drug-likeness (QED) is 0.0222. The fraction of sp³-hybridized carbons (Fsp3) is 0.950. The molecule has 0 saturated carbocycles. The Morgan fingerprint density at radius 2 is 0.465 bits per heavy atom. The van der Waals surface area contributed by atoms with Crippen LogP contribution in [0, 0.1) is 11.8 Å². The zero-order valence-corrected chi connectivity index (χ0v) is 66.6. The second kappa shape index (κ2) is 71.7. The summed E-state index contributed by atoms with van der Waals surface area (Å²) in [6.07, 6.45) is 61.3. The first-order valence-electron chi connectivity index (χ1n) is 41.5. The van der Waals surface area contributed by atoms with Crippen molar-refractivity contribution in [2.24, 2.45) is 11.8 Å². The van der Waals surface area contributed by atoms with Crippen LogP contribution in [0.25, 0.3) is 0 Å². The van der Waals surface area contributed by atoms with E-state index in [4.69, 9.17) is 37.0 Å². The highest BCUT2D eigenvalue weighted by molar-refractivity contribution is 7.47. The lowest BCUT2D eigenvalue weighted by atomic mass is 10.0. The van der Waals surface area contributed by atoms with Crippen LogP contribution in [-0.2, 0) is 65.4 Å². The largest absolute Gasteiger partial charge is 0.472 e. The summed E-state index contributed by atoms with van der Waals surface area (Å²) in [5.41, 5.74) is 0. The lowest BCUT2D eigenvalue weighted by Gasteiger charge is -2.21. The van der Waals surface area contributed by atoms with E-state index in [1.807, 2.05) is 0 Å². The SMILES string of the molecule is CCCCCCCCCCCCCCCCCCCCCCCC(=O)O[C@H](COC(=O)CCCCCCCCCCCCCCCCCC(C)C)COP(=O)(O)OC[C@@H](O)COP(=O)(O)OC[C@@H](COC(=O)CCCCCCCCCCC)OC(=O)CCCCCCCCCCC(C)C. The molecule has 5 atom stereocenters. The standard InChI is InChI=1S/C80H156O17P2/c1-7-9-11-13-15-17-18-19-20-21-22-23-24-25-28-32-35-39-46-52-58-64-79(84)96-75(69-91-78(83)63-57-51-45-38-34-31-29-26-27-30-33-37-42-48-54-60-72(3)4)70-94-98(86,87)92-66-74(81)67-93-99(88,89)95-71-76(68-90-77(82)62-56-50-44-36-16-14-12-10-8-2)97-80(85)65-59-53-47-41-40-43-49-55-61-73(5)6/h72-76,81H,7-71H2,1-6H3,(H,86,87)(H,88,89)/t74-,75-,76-/m1/s1. The lowest BCUT2D eigenvalue weighted by Crippen LogP contribution is -2.30. The third kappa shape index (κ3) is 74.1. The molecular formula is C80H156O17P2. The molecule has 0 radical (unpaired) electrons. The number of esters is 4. The average molecular weight is 1450 g/mol. The molecule has 0 aliphatic heterocycles. The summed E-state index contributed by atoms with van der Waals surface area (Å²) >= 11 is 0. The third-order valence-corrected chi connectivity index (χ3v) is 20.6. The predicted octanol–water partition coefficient (Wildman–Crippen LogP) is 23.9. The molecule has 0 aliphatic carbocycles. The van der Waals surface area contributed by atoms with E-state index in [1.165, 1.54) is 238 Å². The van der Waals surface area contributed by atoms with Gasteiger partial charge in [0.2, 0.25) is 0 Å². The van der Waals surface area contributed by atoms with Crippen LogP contribution in [0.15, 0.2) is 0 Å². The Morgan fingerprint density at radius 1 is 0.273 bits per heavy atom. The highest BCUT2D eigenvalue weighted by Crippen LogP contribution is 2.45. The Hall–Kier alpha value is -1.94. The first kappa shape index (κ1) is 97.1. The minimum Gasteiger partial charge on any atom is -0.462 e. The van der Waals surface area contributed by atoms with E-state index in [-0.39, 0.29) is 25.7 Å². The summed E-state index contributed by atoms with van der Waals surface area (Å²) in [4.78, 5) is 72.9. The number of ether oxygens (including phenoxy) is 4. The molecule has 0 aromatic carbocycles. The molecule has 588 valence electrons. The van der Waals surface area contributed by atoms with Gasteiger partial charge in [-0.1, -0.05) is 369 Å². The lowest BCUT2D eigenvalue weighted by molar-refractivity contribution is -0.161. The maximum atomic E-state index is 13.1. The van der Waals surface area contributed by atoms with E-state index >= 15 is 0 Å². The monoisotopic (exact) mass is 1450 g/mol. The number of aliphatic hydroxyl groups is 1. The summed E-state index contributed by atoms with van der Waals surface area (Å²) < 4.78 is 68.6. The first-order valence-corrected chi connectivity index (χ1v) is 44.5. The number of phosphoric ester groups is 2. The summed E-state index contributed by atoms with van der Waals surface area (Å²) in [7, 11) is -9.91. The predicted molar refractivity (Wildman–Crippen MR) is 405 cm³/mol. The molecule has 2 unspecified atom stereocenters. The molecule has 0 aliphatic rings. The molecule has 0 aromatic heterocycles. The fourth-order valence-corrected chi connectivity index (χ4v) is 13.9. The number of hydrogen-bond donors (Lipinski definition) is 3. The fourth-order valence-electron chi connectivity index (χ4n) is 12.4. The van der Waals surface area contributed by atoms with E-state index in [1.54, 1.807) is 0 Å². The highest BCUT2D eigenvalue weighted by Gasteiger charge is 2.30. The summed E-state index contributed by atoms with van der Waals surface area (Å²) in [5, 5.41) is 10.6. The van der Waals surface area contributed by atoms with Gasteiger partial charge in [-0.25, -0.2) is 9.13 Å². The summed E-state index contributed by atoms with van der Waals surface area (Å²) in [6, 6.07) is 0. The molecule has 99 heavy (non-hydrogen) atoms. The van der Waals surface area contributed by atoms with Crippen molar-refractivity contribution in [3.05, 3.63) is 0 Å². The topological polar surface area (TPSA) is 237 Å². The van der Waals surface area contributed by atoms with Gasteiger partial charge in [-0.15, -0.1) is 0 Å². The van der Waals surface area contributed by atoms with Gasteiger partial charge in [0, 0.05) is 25.7 Å². The second-order valence-corrected chi connectivity index (χ2v) is 32.7. The number of unbranched alkanes of at least 4 members (excludes halogenated alkanes) is 49. The van der Waals surface area contributed by atoms with Gasteiger partial charge >= 0.3 is 39.5 Å². The molecule has 0 amide bonds. The number of carbonyl (C=O) groups excluding carboxylic acids is 4. The molecule has 0 spiro atoms. The summed E-state index contributed by atoms with van der Waals surface area (Å²) in [5.74, 6) is -0.589. The Labute approximate surface area is 607 Å². The summed E-state index contributed by atoms with van der Waals surface area (Å²) in [6.45, 7) is 9.59. The van der Waals surface area contributed by atoms with Crippen molar-refractivity contribution in [1.29, 1.82) is 0 Å². The van der Waals surface area contributed by atoms with Gasteiger partial charge in [0.25, 0.3) is 0 Å². The molecular weight excluding hydrogens is 1290 g/mol. The van der Waals surface area contributed by atoms with E-state index in [0.29, 0.717) is 25.7 Å². The Morgan fingerprint density at radius 3 is 0.687 bits per heavy atom. The van der Waals surface area contributed by atoms with Crippen LogP contribution in [0.5, 0.6) is 0 Å². The highest BCUT2D eigenvalue weighted by atomic mass is 31.2. The molecule has 0 fully saturated rings. The van der Waals surface area contributed by atoms with Gasteiger partial charge < -0.3 is 33.8 Å². The van der Waals surface area contributed by atoms with Gasteiger partial charge in [-0.05, 0) is 37.5 Å². The van der Waals surface area contributed by atoms with Crippen molar-refractivity contribution in [2.75, 3.05) is 39.6 Å². The molecule has 0 saturated heterocycles. The molecule has 19 heteroatoms. The zero-order chi connectivity index (χ0) is 72.8. The zero-order valence-electron chi connectivity index (χ0n) is 64.8. The van der Waals surface area contributed by atoms with E-state index in [2.05, 4.69) is 41.5 Å². The van der Waals surface area contributed by atoms with Crippen LogP contribution in [0.2, 0.25) is 0 Å². The Bertz CT molecular complexity index is 1910. The van der Waals surface area contributed by atoms with Crippen LogP contribution >= 0.6 is 15.6 Å². The molecule has 0 heterocycles. The minimum absolute atomic E-state index is 0.105. The van der Waals surface area contributed by atoms with Crippen LogP contribution < -0.4 is 0 Å². The van der Waals surface area contributed by atoms with Gasteiger partial charge in [0.15, 0.2) is 12.2 Å². The minimum atomic E-state index is -4.96. The molecule has 0 rings (SSSR count). The van der Waals surface area contributed by atoms with E-state index < -0.39 is 97.5 Å². The maximum absolute atomic E-state index is 13.1. The number of phosphoric acid groups is 2. The van der Waals surface area contributed by atoms with Crippen molar-refractivity contribution < 1.29 is 80.2 Å². The van der Waals surface area contributed by atoms with Crippen LogP contribution in [0.1, 0.15) is 420 Å². The number of carbonyl (C=O) groups is 4. The molecule has 17 nitrogen and oxygen atoms in total. The van der Waals surface area contributed by atoms with Crippen molar-refractivity contribution in [2.45, 2.75) is 439 Å². The van der Waals surface area contributed by atoms with Gasteiger partial charge in [-0.2, -0.15) is 0 Å². The van der Waals surface area contributed by atoms with Crippen LogP contribution in [0.4, 0.5) is 0 Å². The number of hydrogen-bond acceptors (Lipinski definition) is 15. The first-order chi connectivity index (χ1) is 47.9. The average Bonchev–Trinajstić information content (AvgIpc) is 0.985. The van der Waals surface area contributed by atoms with Crippen molar-refractivity contribution in [3.63, 3.8) is 0 Å².